The molecule has 1 saturated heterocycles. The van der Waals surface area contributed by atoms with Gasteiger partial charge in [-0.05, 0) is 40.8 Å². The number of piperidine rings is 1. The molecule has 2 fully saturated rings. The van der Waals surface area contributed by atoms with Crippen LogP contribution in [0, 0.1) is 11.8 Å². The topological polar surface area (TPSA) is 78.9 Å². The molecule has 0 aromatic carbocycles. The number of carbonyl (C=O) groups is 2. The van der Waals surface area contributed by atoms with Crippen LogP contribution in [-0.4, -0.2) is 53.3 Å². The van der Waals surface area contributed by atoms with Gasteiger partial charge in [0.1, 0.15) is 11.1 Å². The Balaban J connectivity index is 2.07. The third-order valence-corrected chi connectivity index (χ3v) is 3.94. The van der Waals surface area contributed by atoms with E-state index in [2.05, 4.69) is 10.2 Å². The van der Waals surface area contributed by atoms with Crippen molar-refractivity contribution < 1.29 is 19.4 Å². The van der Waals surface area contributed by atoms with Gasteiger partial charge >= 0.3 is 12.1 Å². The van der Waals surface area contributed by atoms with Gasteiger partial charge < -0.3 is 20.1 Å². The van der Waals surface area contributed by atoms with E-state index in [0.717, 1.165) is 13.0 Å². The minimum Gasteiger partial charge on any atom is -0.479 e. The molecule has 2 N–H and O–H groups in total. The van der Waals surface area contributed by atoms with Crippen molar-refractivity contribution in [1.29, 1.82) is 0 Å². The maximum atomic E-state index is 11.8. The molecule has 3 atom stereocenters. The number of nitrogens with zero attached hydrogens (tertiary/aromatic N) is 1. The summed E-state index contributed by atoms with van der Waals surface area (Å²) in [6, 6.07) is 0. The van der Waals surface area contributed by atoms with Gasteiger partial charge in [-0.25, -0.2) is 9.59 Å². The van der Waals surface area contributed by atoms with Gasteiger partial charge in [-0.15, -0.1) is 0 Å². The minimum atomic E-state index is -1.13. The summed E-state index contributed by atoms with van der Waals surface area (Å²) < 4.78 is 5.17. The Morgan fingerprint density at radius 3 is 2.47 bits per heavy atom. The fraction of sp³-hybridized carbons (Fsp3) is 0.846. The number of carboxylic acid groups (broad SMARTS) is 1. The summed E-state index contributed by atoms with van der Waals surface area (Å²) >= 11 is 0. The minimum absolute atomic E-state index is 0.0173. The van der Waals surface area contributed by atoms with Crippen LogP contribution in [0.25, 0.3) is 0 Å². The normalized spacial score (nSPS) is 34.3. The number of ether oxygens (including phenoxy) is 1. The summed E-state index contributed by atoms with van der Waals surface area (Å²) in [5, 5.41) is 12.1. The van der Waals surface area contributed by atoms with E-state index in [9.17, 15) is 14.7 Å². The first-order valence-corrected chi connectivity index (χ1v) is 6.60. The lowest BCUT2D eigenvalue weighted by Gasteiger charge is -2.22. The van der Waals surface area contributed by atoms with Crippen molar-refractivity contribution in [3.63, 3.8) is 0 Å². The Bertz CT molecular complexity index is 404. The van der Waals surface area contributed by atoms with Crippen molar-refractivity contribution in [2.75, 3.05) is 20.1 Å². The van der Waals surface area contributed by atoms with E-state index < -0.39 is 23.2 Å². The predicted molar refractivity (Wildman–Crippen MR) is 68.8 cm³/mol. The molecule has 6 nitrogen and oxygen atoms in total. The Morgan fingerprint density at radius 2 is 2.00 bits per heavy atom. The van der Waals surface area contributed by atoms with E-state index >= 15 is 0 Å². The van der Waals surface area contributed by atoms with Gasteiger partial charge in [0.25, 0.3) is 0 Å². The Labute approximate surface area is 113 Å². The second-order valence-corrected chi connectivity index (χ2v) is 6.56. The third-order valence-electron chi connectivity index (χ3n) is 3.94. The lowest BCUT2D eigenvalue weighted by atomic mass is 10.1. The molecule has 2 rings (SSSR count). The second-order valence-electron chi connectivity index (χ2n) is 6.56. The van der Waals surface area contributed by atoms with Gasteiger partial charge in [0.2, 0.25) is 0 Å². The third kappa shape index (κ3) is 2.54. The quantitative estimate of drug-likeness (QED) is 0.780. The molecule has 0 aromatic rings. The maximum Gasteiger partial charge on any atom is 0.408 e. The van der Waals surface area contributed by atoms with E-state index in [0.29, 0.717) is 6.54 Å². The lowest BCUT2D eigenvalue weighted by molar-refractivity contribution is -0.141. The highest BCUT2D eigenvalue weighted by atomic mass is 16.6. The summed E-state index contributed by atoms with van der Waals surface area (Å²) in [4.78, 5) is 25.5. The summed E-state index contributed by atoms with van der Waals surface area (Å²) in [7, 11) is 1.97. The molecule has 2 aliphatic rings. The van der Waals surface area contributed by atoms with E-state index in [4.69, 9.17) is 4.74 Å². The Hall–Kier alpha value is -1.30. The standard InChI is InChI=1S/C13H22N2O4/c1-12(2,3)19-11(18)14-13(10(16)17)8-5-6-15(4)7-9(8)13/h8-9H,5-7H2,1-4H3,(H,14,18)(H,16,17). The molecule has 1 heterocycles. The zero-order valence-corrected chi connectivity index (χ0v) is 11.9. The maximum absolute atomic E-state index is 11.8. The summed E-state index contributed by atoms with van der Waals surface area (Å²) in [5.74, 6) is -0.950. The van der Waals surface area contributed by atoms with Crippen LogP contribution in [0.4, 0.5) is 4.79 Å². The first-order valence-electron chi connectivity index (χ1n) is 6.60. The number of fused-ring (bicyclic) bond motifs is 1. The molecule has 108 valence electrons. The molecule has 1 amide bonds. The van der Waals surface area contributed by atoms with Crippen LogP contribution >= 0.6 is 0 Å². The molecule has 1 aliphatic heterocycles. The van der Waals surface area contributed by atoms with Gasteiger partial charge in [0.15, 0.2) is 0 Å². The fourth-order valence-electron chi connectivity index (χ4n) is 3.05. The molecule has 0 bridgehead atoms. The second kappa shape index (κ2) is 4.37. The van der Waals surface area contributed by atoms with Crippen molar-refractivity contribution in [1.82, 2.24) is 10.2 Å². The number of rotatable bonds is 2. The van der Waals surface area contributed by atoms with Crippen LogP contribution in [0.15, 0.2) is 0 Å². The number of nitrogens with one attached hydrogen (secondary N) is 1. The van der Waals surface area contributed by atoms with E-state index in [1.807, 2.05) is 7.05 Å². The van der Waals surface area contributed by atoms with Crippen molar-refractivity contribution in [3.05, 3.63) is 0 Å². The van der Waals surface area contributed by atoms with E-state index in [1.54, 1.807) is 20.8 Å². The average Bonchev–Trinajstić information content (AvgIpc) is 2.83. The largest absolute Gasteiger partial charge is 0.479 e. The van der Waals surface area contributed by atoms with Gasteiger partial charge in [-0.3, -0.25) is 0 Å². The Kier molecular flexibility index (Phi) is 3.24. The molecular formula is C13H22N2O4. The fourth-order valence-corrected chi connectivity index (χ4v) is 3.05. The number of carboxylic acids is 1. The zero-order chi connectivity index (χ0) is 14.4. The lowest BCUT2D eigenvalue weighted by Crippen LogP contribution is -2.48. The van der Waals surface area contributed by atoms with Crippen molar-refractivity contribution in [2.45, 2.75) is 38.3 Å². The highest BCUT2D eigenvalue weighted by Gasteiger charge is 2.72. The van der Waals surface area contributed by atoms with Gasteiger partial charge in [-0.2, -0.15) is 0 Å². The molecule has 0 aromatic heterocycles. The Morgan fingerprint density at radius 1 is 1.37 bits per heavy atom. The zero-order valence-electron chi connectivity index (χ0n) is 11.9. The van der Waals surface area contributed by atoms with Crippen LogP contribution in [0.3, 0.4) is 0 Å². The van der Waals surface area contributed by atoms with Crippen LogP contribution in [0.5, 0.6) is 0 Å². The summed E-state index contributed by atoms with van der Waals surface area (Å²) in [6.07, 6.45) is 0.149. The van der Waals surface area contributed by atoms with Crippen LogP contribution in [0.2, 0.25) is 0 Å². The van der Waals surface area contributed by atoms with E-state index in [1.165, 1.54) is 0 Å². The molecular weight excluding hydrogens is 248 g/mol. The highest BCUT2D eigenvalue weighted by Crippen LogP contribution is 2.55. The number of amides is 1. The first kappa shape index (κ1) is 14.1. The first-order chi connectivity index (χ1) is 8.67. The molecule has 19 heavy (non-hydrogen) atoms. The van der Waals surface area contributed by atoms with Crippen LogP contribution in [0.1, 0.15) is 27.2 Å². The van der Waals surface area contributed by atoms with Crippen LogP contribution in [-0.2, 0) is 9.53 Å². The monoisotopic (exact) mass is 270 g/mol. The average molecular weight is 270 g/mol. The smallest absolute Gasteiger partial charge is 0.408 e. The van der Waals surface area contributed by atoms with Crippen molar-refractivity contribution in [3.8, 4) is 0 Å². The summed E-state index contributed by atoms with van der Waals surface area (Å²) in [6.45, 7) is 6.84. The van der Waals surface area contributed by atoms with Gasteiger partial charge in [0, 0.05) is 18.4 Å². The molecule has 6 heteroatoms. The predicted octanol–water partition coefficient (Wildman–Crippen LogP) is 0.916. The molecule has 0 spiro atoms. The number of alkyl carbamates (subject to hydrolysis) is 1. The van der Waals surface area contributed by atoms with Crippen molar-refractivity contribution >= 4 is 12.1 Å². The molecule has 1 aliphatic carbocycles. The van der Waals surface area contributed by atoms with Gasteiger partial charge in [0.05, 0.1) is 0 Å². The molecule has 0 radical (unpaired) electrons. The van der Waals surface area contributed by atoms with Gasteiger partial charge in [-0.1, -0.05) is 0 Å². The number of carbonyl (C=O) groups excluding carboxylic acids is 1. The van der Waals surface area contributed by atoms with Crippen molar-refractivity contribution in [2.24, 2.45) is 11.8 Å². The number of hydrogen-bond donors (Lipinski definition) is 2. The summed E-state index contributed by atoms with van der Waals surface area (Å²) in [5.41, 5.74) is -1.76. The molecule has 3 unspecified atom stereocenters. The highest BCUT2D eigenvalue weighted by molar-refractivity contribution is 5.89. The molecule has 1 saturated carbocycles. The number of hydrogen-bond acceptors (Lipinski definition) is 4. The van der Waals surface area contributed by atoms with E-state index in [-0.39, 0.29) is 11.8 Å². The number of likely N-dealkylation sites (tertiary alicyclic amines) is 1. The van der Waals surface area contributed by atoms with Crippen LogP contribution < -0.4 is 5.32 Å². The number of aliphatic carboxylic acids is 1. The SMILES string of the molecule is CN1CCC2C(C1)C2(NC(=O)OC(C)(C)C)C(=O)O.